The van der Waals surface area contributed by atoms with Crippen LogP contribution in [-0.4, -0.2) is 35.1 Å². The first kappa shape index (κ1) is 14.5. The van der Waals surface area contributed by atoms with Crippen LogP contribution in [0.2, 0.25) is 0 Å². The van der Waals surface area contributed by atoms with E-state index in [2.05, 4.69) is 0 Å². The standard InChI is InChI=1S/C17H22FNO2/c18-14-5-3-4-13(12-14)17(8-1-2-9-17)16(21)19-10-6-15(20)7-11-19/h3-5,12,15,20H,1-2,6-11H2. The molecule has 3 rings (SSSR count). The SMILES string of the molecule is O=C(N1CCC(O)CC1)C1(c2cccc(F)c2)CCCC1. The van der Waals surface area contributed by atoms with Gasteiger partial charge in [-0.25, -0.2) is 4.39 Å². The first-order valence-corrected chi connectivity index (χ1v) is 7.85. The molecule has 21 heavy (non-hydrogen) atoms. The number of nitrogens with zero attached hydrogens (tertiary/aromatic N) is 1. The molecule has 3 nitrogen and oxygen atoms in total. The quantitative estimate of drug-likeness (QED) is 0.910. The van der Waals surface area contributed by atoms with Crippen LogP contribution in [0.15, 0.2) is 24.3 Å². The van der Waals surface area contributed by atoms with Crippen molar-refractivity contribution in [1.82, 2.24) is 4.90 Å². The van der Waals surface area contributed by atoms with Crippen molar-refractivity contribution in [1.29, 1.82) is 0 Å². The number of rotatable bonds is 2. The fraction of sp³-hybridized carbons (Fsp3) is 0.588. The highest BCUT2D eigenvalue weighted by Gasteiger charge is 2.45. The van der Waals surface area contributed by atoms with Crippen molar-refractivity contribution in [3.05, 3.63) is 35.6 Å². The van der Waals surface area contributed by atoms with Gasteiger partial charge < -0.3 is 10.0 Å². The van der Waals surface area contributed by atoms with Crippen molar-refractivity contribution in [2.24, 2.45) is 0 Å². The number of amides is 1. The number of benzene rings is 1. The molecule has 2 fully saturated rings. The maximum absolute atomic E-state index is 13.6. The van der Waals surface area contributed by atoms with E-state index in [1.54, 1.807) is 6.07 Å². The number of hydrogen-bond donors (Lipinski definition) is 1. The lowest BCUT2D eigenvalue weighted by atomic mass is 9.77. The van der Waals surface area contributed by atoms with E-state index in [-0.39, 0.29) is 17.8 Å². The van der Waals surface area contributed by atoms with Crippen molar-refractivity contribution in [3.63, 3.8) is 0 Å². The van der Waals surface area contributed by atoms with Crippen molar-refractivity contribution in [2.45, 2.75) is 50.0 Å². The lowest BCUT2D eigenvalue weighted by molar-refractivity contribution is -0.139. The number of likely N-dealkylation sites (tertiary alicyclic amines) is 1. The van der Waals surface area contributed by atoms with Crippen LogP contribution >= 0.6 is 0 Å². The Morgan fingerprint density at radius 1 is 1.24 bits per heavy atom. The summed E-state index contributed by atoms with van der Waals surface area (Å²) in [6.07, 6.45) is 4.62. The predicted octanol–water partition coefficient (Wildman–Crippen LogP) is 2.62. The zero-order chi connectivity index (χ0) is 14.9. The Hall–Kier alpha value is -1.42. The van der Waals surface area contributed by atoms with Crippen molar-refractivity contribution >= 4 is 5.91 Å². The molecular formula is C17H22FNO2. The van der Waals surface area contributed by atoms with E-state index >= 15 is 0 Å². The van der Waals surface area contributed by atoms with Crippen LogP contribution in [0.25, 0.3) is 0 Å². The van der Waals surface area contributed by atoms with E-state index < -0.39 is 5.41 Å². The van der Waals surface area contributed by atoms with Crippen LogP contribution in [-0.2, 0) is 10.2 Å². The van der Waals surface area contributed by atoms with Gasteiger partial charge in [-0.3, -0.25) is 4.79 Å². The third-order valence-corrected chi connectivity index (χ3v) is 5.00. The summed E-state index contributed by atoms with van der Waals surface area (Å²) < 4.78 is 13.6. The number of aliphatic hydroxyl groups is 1. The van der Waals surface area contributed by atoms with Crippen LogP contribution in [0.5, 0.6) is 0 Å². The average Bonchev–Trinajstić information content (AvgIpc) is 2.98. The molecule has 0 atom stereocenters. The molecular weight excluding hydrogens is 269 g/mol. The maximum Gasteiger partial charge on any atom is 0.233 e. The van der Waals surface area contributed by atoms with E-state index in [4.69, 9.17) is 0 Å². The summed E-state index contributed by atoms with van der Waals surface area (Å²) in [6.45, 7) is 1.22. The Labute approximate surface area is 124 Å². The van der Waals surface area contributed by atoms with E-state index in [9.17, 15) is 14.3 Å². The van der Waals surface area contributed by atoms with E-state index in [1.165, 1.54) is 12.1 Å². The highest BCUT2D eigenvalue weighted by Crippen LogP contribution is 2.43. The number of halogens is 1. The molecule has 1 amide bonds. The minimum atomic E-state index is -0.551. The average molecular weight is 291 g/mol. The van der Waals surface area contributed by atoms with E-state index in [0.717, 1.165) is 31.2 Å². The summed E-state index contributed by atoms with van der Waals surface area (Å²) in [5.41, 5.74) is 0.265. The van der Waals surface area contributed by atoms with Gasteiger partial charge in [0, 0.05) is 13.1 Å². The summed E-state index contributed by atoms with van der Waals surface area (Å²) in [7, 11) is 0. The molecule has 1 aliphatic heterocycles. The molecule has 0 spiro atoms. The van der Waals surface area contributed by atoms with Gasteiger partial charge in [-0.05, 0) is 43.4 Å². The Morgan fingerprint density at radius 2 is 1.90 bits per heavy atom. The molecule has 114 valence electrons. The summed E-state index contributed by atoms with van der Waals surface area (Å²) in [5.74, 6) is -0.154. The third kappa shape index (κ3) is 2.69. The van der Waals surface area contributed by atoms with Gasteiger partial charge in [0.15, 0.2) is 0 Å². The summed E-state index contributed by atoms with van der Waals surface area (Å²) in [6, 6.07) is 6.51. The minimum absolute atomic E-state index is 0.123. The number of carbonyl (C=O) groups excluding carboxylic acids is 1. The summed E-state index contributed by atoms with van der Waals surface area (Å²) >= 11 is 0. The second-order valence-corrected chi connectivity index (χ2v) is 6.32. The summed E-state index contributed by atoms with van der Waals surface area (Å²) in [5, 5.41) is 9.60. The fourth-order valence-corrected chi connectivity index (χ4v) is 3.76. The molecule has 1 aliphatic carbocycles. The molecule has 0 unspecified atom stereocenters. The van der Waals surface area contributed by atoms with Crippen molar-refractivity contribution < 1.29 is 14.3 Å². The van der Waals surface area contributed by atoms with Gasteiger partial charge in [0.1, 0.15) is 5.82 Å². The molecule has 1 heterocycles. The lowest BCUT2D eigenvalue weighted by Crippen LogP contribution is -2.49. The molecule has 1 saturated heterocycles. The largest absolute Gasteiger partial charge is 0.393 e. The van der Waals surface area contributed by atoms with Crippen LogP contribution in [0.3, 0.4) is 0 Å². The first-order chi connectivity index (χ1) is 10.1. The number of piperidine rings is 1. The molecule has 1 saturated carbocycles. The second kappa shape index (κ2) is 5.76. The highest BCUT2D eigenvalue weighted by atomic mass is 19.1. The van der Waals surface area contributed by atoms with Gasteiger partial charge in [0.05, 0.1) is 11.5 Å². The normalized spacial score (nSPS) is 22.5. The first-order valence-electron chi connectivity index (χ1n) is 7.85. The van der Waals surface area contributed by atoms with Crippen molar-refractivity contribution in [3.8, 4) is 0 Å². The van der Waals surface area contributed by atoms with Gasteiger partial charge in [-0.1, -0.05) is 25.0 Å². The van der Waals surface area contributed by atoms with Crippen LogP contribution in [0, 0.1) is 5.82 Å². The number of aliphatic hydroxyl groups excluding tert-OH is 1. The topological polar surface area (TPSA) is 40.5 Å². The number of hydrogen-bond acceptors (Lipinski definition) is 2. The smallest absolute Gasteiger partial charge is 0.233 e. The van der Waals surface area contributed by atoms with Gasteiger partial charge in [-0.15, -0.1) is 0 Å². The Bertz CT molecular complexity index is 517. The molecule has 2 aliphatic rings. The van der Waals surface area contributed by atoms with Crippen LogP contribution in [0.4, 0.5) is 4.39 Å². The number of carbonyl (C=O) groups is 1. The van der Waals surface area contributed by atoms with Crippen molar-refractivity contribution in [2.75, 3.05) is 13.1 Å². The molecule has 1 aromatic rings. The van der Waals surface area contributed by atoms with Crippen LogP contribution in [0.1, 0.15) is 44.1 Å². The predicted molar refractivity (Wildman–Crippen MR) is 78.4 cm³/mol. The van der Waals surface area contributed by atoms with Gasteiger partial charge in [-0.2, -0.15) is 0 Å². The second-order valence-electron chi connectivity index (χ2n) is 6.32. The Balaban J connectivity index is 1.88. The molecule has 0 bridgehead atoms. The summed E-state index contributed by atoms with van der Waals surface area (Å²) in [4.78, 5) is 14.9. The molecule has 1 N–H and O–H groups in total. The Morgan fingerprint density at radius 3 is 2.52 bits per heavy atom. The minimum Gasteiger partial charge on any atom is -0.393 e. The monoisotopic (exact) mass is 291 g/mol. The zero-order valence-electron chi connectivity index (χ0n) is 12.2. The molecule has 4 heteroatoms. The Kier molecular flexibility index (Phi) is 3.98. The molecule has 1 aromatic carbocycles. The molecule has 0 radical (unpaired) electrons. The van der Waals surface area contributed by atoms with E-state index in [1.807, 2.05) is 11.0 Å². The lowest BCUT2D eigenvalue weighted by Gasteiger charge is -2.38. The van der Waals surface area contributed by atoms with Crippen LogP contribution < -0.4 is 0 Å². The fourth-order valence-electron chi connectivity index (χ4n) is 3.76. The van der Waals surface area contributed by atoms with Gasteiger partial charge in [0.2, 0.25) is 5.91 Å². The molecule has 0 aromatic heterocycles. The van der Waals surface area contributed by atoms with Gasteiger partial charge >= 0.3 is 0 Å². The zero-order valence-corrected chi connectivity index (χ0v) is 12.2. The highest BCUT2D eigenvalue weighted by molar-refractivity contribution is 5.88. The van der Waals surface area contributed by atoms with Gasteiger partial charge in [0.25, 0.3) is 0 Å². The third-order valence-electron chi connectivity index (χ3n) is 5.00. The van der Waals surface area contributed by atoms with E-state index in [0.29, 0.717) is 25.9 Å². The maximum atomic E-state index is 13.6.